The highest BCUT2D eigenvalue weighted by atomic mass is 127. The third kappa shape index (κ3) is 3.17. The zero-order chi connectivity index (χ0) is 11.3. The van der Waals surface area contributed by atoms with Crippen molar-refractivity contribution in [3.05, 3.63) is 46.0 Å². The number of non-ortho nitro benzene ring substituents is 1. The van der Waals surface area contributed by atoms with Crippen molar-refractivity contribution in [2.24, 2.45) is 5.73 Å². The average molecular weight is 319 g/mol. The molecule has 0 aliphatic heterocycles. The summed E-state index contributed by atoms with van der Waals surface area (Å²) in [6.07, 6.45) is 1.81. The second-order valence-electron chi connectivity index (χ2n) is 2.75. The van der Waals surface area contributed by atoms with Gasteiger partial charge in [-0.3, -0.25) is 10.1 Å². The molecular formula is C9H10IN3O2. The van der Waals surface area contributed by atoms with Crippen LogP contribution in [0.3, 0.4) is 0 Å². The van der Waals surface area contributed by atoms with Gasteiger partial charge in [0, 0.05) is 24.4 Å². The van der Waals surface area contributed by atoms with Gasteiger partial charge in [-0.05, 0) is 23.8 Å². The maximum absolute atomic E-state index is 10.4. The van der Waals surface area contributed by atoms with Gasteiger partial charge < -0.3 is 9.26 Å². The van der Waals surface area contributed by atoms with Crippen LogP contribution in [-0.2, 0) is 0 Å². The molecule has 0 saturated carbocycles. The van der Waals surface area contributed by atoms with Gasteiger partial charge in [0.25, 0.3) is 5.69 Å². The largest absolute Gasteiger partial charge is 0.328 e. The Labute approximate surface area is 101 Å². The molecule has 1 aromatic rings. The van der Waals surface area contributed by atoms with E-state index >= 15 is 0 Å². The Bertz CT molecular complexity index is 375. The molecule has 0 saturated heterocycles. The van der Waals surface area contributed by atoms with Gasteiger partial charge in [0.2, 0.25) is 0 Å². The summed E-state index contributed by atoms with van der Waals surface area (Å²) < 4.78 is 2.95. The summed E-state index contributed by atoms with van der Waals surface area (Å²) in [7, 11) is 0. The van der Waals surface area contributed by atoms with E-state index < -0.39 is 4.92 Å². The van der Waals surface area contributed by atoms with Crippen LogP contribution in [0.2, 0.25) is 0 Å². The zero-order valence-electron chi connectivity index (χ0n) is 7.81. The number of hydrogen-bond donors (Lipinski definition) is 2. The van der Waals surface area contributed by atoms with Gasteiger partial charge in [-0.2, -0.15) is 0 Å². The van der Waals surface area contributed by atoms with Crippen LogP contribution in [0.15, 0.2) is 30.3 Å². The number of nitrogens with one attached hydrogen (secondary N) is 1. The predicted octanol–water partition coefficient (Wildman–Crippen LogP) is 1.83. The third-order valence-electron chi connectivity index (χ3n) is 1.81. The molecule has 0 radical (unpaired) electrons. The lowest BCUT2D eigenvalue weighted by Crippen LogP contribution is -2.02. The fourth-order valence-electron chi connectivity index (χ4n) is 1.09. The summed E-state index contributed by atoms with van der Waals surface area (Å²) in [5, 5.41) is 10.4. The minimum absolute atomic E-state index is 0.0827. The fraction of sp³-hybridized carbons (Fsp3) is 0.111. The number of benzene rings is 1. The summed E-state index contributed by atoms with van der Waals surface area (Å²) in [6.45, 7) is 0.419. The molecule has 0 spiro atoms. The van der Waals surface area contributed by atoms with Crippen molar-refractivity contribution in [2.75, 3.05) is 6.54 Å². The van der Waals surface area contributed by atoms with E-state index in [9.17, 15) is 10.1 Å². The highest BCUT2D eigenvalue weighted by Gasteiger charge is 2.05. The van der Waals surface area contributed by atoms with Gasteiger partial charge in [0.15, 0.2) is 0 Å². The van der Waals surface area contributed by atoms with Crippen molar-refractivity contribution < 1.29 is 4.92 Å². The molecule has 1 aromatic carbocycles. The molecule has 0 atom stereocenters. The smallest absolute Gasteiger partial charge is 0.269 e. The summed E-state index contributed by atoms with van der Waals surface area (Å²) in [5.41, 5.74) is 7.21. The lowest BCUT2D eigenvalue weighted by Gasteiger charge is -2.04. The van der Waals surface area contributed by atoms with Crippen molar-refractivity contribution in [2.45, 2.75) is 0 Å². The highest BCUT2D eigenvalue weighted by molar-refractivity contribution is 14.1. The van der Waals surface area contributed by atoms with Crippen LogP contribution in [0, 0.1) is 10.1 Å². The summed E-state index contributed by atoms with van der Waals surface area (Å²) >= 11 is 1.99. The van der Waals surface area contributed by atoms with Gasteiger partial charge in [-0.15, -0.1) is 0 Å². The first kappa shape index (κ1) is 11.9. The maximum atomic E-state index is 10.4. The zero-order valence-corrected chi connectivity index (χ0v) is 9.97. The molecule has 15 heavy (non-hydrogen) atoms. The minimum Gasteiger partial charge on any atom is -0.328 e. The van der Waals surface area contributed by atoms with Crippen LogP contribution in [0.5, 0.6) is 0 Å². The number of rotatable bonds is 4. The van der Waals surface area contributed by atoms with Crippen LogP contribution >= 0.6 is 22.9 Å². The van der Waals surface area contributed by atoms with Gasteiger partial charge in [0.05, 0.1) is 27.8 Å². The van der Waals surface area contributed by atoms with E-state index in [1.165, 1.54) is 12.1 Å². The molecule has 0 aliphatic rings. The molecular weight excluding hydrogens is 309 g/mol. The second kappa shape index (κ2) is 5.66. The number of nitrogens with zero attached hydrogens (tertiary/aromatic N) is 1. The van der Waals surface area contributed by atoms with E-state index in [2.05, 4.69) is 3.53 Å². The lowest BCUT2D eigenvalue weighted by molar-refractivity contribution is -0.384. The molecule has 6 heteroatoms. The molecule has 0 aromatic heterocycles. The van der Waals surface area contributed by atoms with Crippen LogP contribution in [0.25, 0.3) is 5.70 Å². The summed E-state index contributed by atoms with van der Waals surface area (Å²) in [5.74, 6) is 0. The Morgan fingerprint density at radius 3 is 2.53 bits per heavy atom. The van der Waals surface area contributed by atoms with E-state index in [1.807, 2.05) is 28.9 Å². The van der Waals surface area contributed by atoms with Crippen molar-refractivity contribution in [1.29, 1.82) is 0 Å². The van der Waals surface area contributed by atoms with Gasteiger partial charge >= 0.3 is 0 Å². The Balaban J connectivity index is 2.97. The highest BCUT2D eigenvalue weighted by Crippen LogP contribution is 2.17. The van der Waals surface area contributed by atoms with E-state index in [4.69, 9.17) is 5.73 Å². The van der Waals surface area contributed by atoms with Crippen LogP contribution in [-0.4, -0.2) is 11.5 Å². The summed E-state index contributed by atoms with van der Waals surface area (Å²) in [4.78, 5) is 10.0. The molecule has 0 aliphatic carbocycles. The quantitative estimate of drug-likeness (QED) is 0.384. The first-order valence-corrected chi connectivity index (χ1v) is 5.28. The number of hydrogen-bond acceptors (Lipinski definition) is 4. The lowest BCUT2D eigenvalue weighted by atomic mass is 10.1. The Hall–Kier alpha value is -1.15. The number of nitro benzene ring substituents is 1. The number of nitrogens with two attached hydrogens (primary N) is 1. The van der Waals surface area contributed by atoms with Gasteiger partial charge in [-0.1, -0.05) is 0 Å². The van der Waals surface area contributed by atoms with Crippen LogP contribution < -0.4 is 9.26 Å². The third-order valence-corrected chi connectivity index (χ3v) is 2.39. The van der Waals surface area contributed by atoms with E-state index in [1.54, 1.807) is 12.1 Å². The van der Waals surface area contributed by atoms with Crippen LogP contribution in [0.1, 0.15) is 5.56 Å². The number of halogens is 1. The van der Waals surface area contributed by atoms with Crippen LogP contribution in [0.4, 0.5) is 5.69 Å². The maximum Gasteiger partial charge on any atom is 0.269 e. The Morgan fingerprint density at radius 1 is 1.53 bits per heavy atom. The van der Waals surface area contributed by atoms with Crippen molar-refractivity contribution >= 4 is 34.2 Å². The van der Waals surface area contributed by atoms with Crippen molar-refractivity contribution in [3.8, 4) is 0 Å². The normalized spacial score (nSPS) is 11.2. The molecule has 0 fully saturated rings. The first-order valence-electron chi connectivity index (χ1n) is 4.20. The molecule has 1 rings (SSSR count). The van der Waals surface area contributed by atoms with Gasteiger partial charge in [0.1, 0.15) is 0 Å². The monoisotopic (exact) mass is 319 g/mol. The predicted molar refractivity (Wildman–Crippen MR) is 67.3 cm³/mol. The molecule has 0 bridgehead atoms. The van der Waals surface area contributed by atoms with Crippen molar-refractivity contribution in [1.82, 2.24) is 3.53 Å². The average Bonchev–Trinajstić information content (AvgIpc) is 2.26. The second-order valence-corrected chi connectivity index (χ2v) is 3.29. The summed E-state index contributed by atoms with van der Waals surface area (Å²) in [6, 6.07) is 6.30. The number of nitro groups is 1. The Kier molecular flexibility index (Phi) is 4.50. The van der Waals surface area contributed by atoms with E-state index in [0.717, 1.165) is 11.3 Å². The fourth-order valence-corrected chi connectivity index (χ4v) is 1.62. The first-order chi connectivity index (χ1) is 7.19. The molecule has 0 heterocycles. The molecule has 80 valence electrons. The van der Waals surface area contributed by atoms with Gasteiger partial charge in [-0.25, -0.2) is 0 Å². The topological polar surface area (TPSA) is 81.2 Å². The molecule has 3 N–H and O–H groups in total. The van der Waals surface area contributed by atoms with E-state index in [0.29, 0.717) is 6.54 Å². The minimum atomic E-state index is -0.423. The Morgan fingerprint density at radius 2 is 2.13 bits per heavy atom. The standard InChI is InChI=1S/C9H10IN3O2/c10-12-9(5-6-11)7-1-3-8(4-2-7)13(14)15/h1-5,12H,6,11H2/b9-5-. The molecule has 5 nitrogen and oxygen atoms in total. The molecule has 0 amide bonds. The van der Waals surface area contributed by atoms with Crippen molar-refractivity contribution in [3.63, 3.8) is 0 Å². The van der Waals surface area contributed by atoms with E-state index in [-0.39, 0.29) is 5.69 Å². The SMILES string of the molecule is NC/C=C(\NI)c1ccc([N+](=O)[O-])cc1. The molecule has 0 unspecified atom stereocenters.